The molecule has 1 aromatic carbocycles. The molecular formula is C12H14ClNO3. The van der Waals surface area contributed by atoms with E-state index in [1.54, 1.807) is 6.92 Å². The number of nitrogens with two attached hydrogens (primary N) is 1. The minimum Gasteiger partial charge on any atom is -0.462 e. The smallest absolute Gasteiger partial charge is 0.338 e. The Labute approximate surface area is 105 Å². The molecule has 0 saturated heterocycles. The fraction of sp³-hybridized carbons (Fsp3) is 0.333. The number of Topliss-reactive ketones (excluding diaryl/α,β-unsaturated/α-hetero) is 1. The molecule has 0 spiro atoms. The molecule has 0 saturated carbocycles. The van der Waals surface area contributed by atoms with Crippen molar-refractivity contribution in [3.8, 4) is 0 Å². The molecule has 0 aliphatic heterocycles. The number of carbonyl (C=O) groups is 2. The maximum atomic E-state index is 11.7. The Morgan fingerprint density at radius 1 is 1.41 bits per heavy atom. The molecule has 92 valence electrons. The zero-order valence-electron chi connectivity index (χ0n) is 9.53. The van der Waals surface area contributed by atoms with Gasteiger partial charge in [0.2, 0.25) is 0 Å². The van der Waals surface area contributed by atoms with Crippen LogP contribution >= 0.6 is 11.6 Å². The van der Waals surface area contributed by atoms with Gasteiger partial charge >= 0.3 is 5.97 Å². The Morgan fingerprint density at radius 3 is 2.71 bits per heavy atom. The van der Waals surface area contributed by atoms with E-state index in [9.17, 15) is 9.59 Å². The predicted molar refractivity (Wildman–Crippen MR) is 66.5 cm³/mol. The summed E-state index contributed by atoms with van der Waals surface area (Å²) in [7, 11) is 0. The summed E-state index contributed by atoms with van der Waals surface area (Å²) < 4.78 is 4.85. The van der Waals surface area contributed by atoms with Crippen molar-refractivity contribution in [2.45, 2.75) is 13.3 Å². The van der Waals surface area contributed by atoms with E-state index in [1.807, 2.05) is 0 Å². The van der Waals surface area contributed by atoms with Crippen molar-refractivity contribution in [3.63, 3.8) is 0 Å². The fourth-order valence-electron chi connectivity index (χ4n) is 1.36. The number of ketones is 1. The van der Waals surface area contributed by atoms with Gasteiger partial charge in [-0.2, -0.15) is 0 Å². The Hall–Kier alpha value is -1.55. The lowest BCUT2D eigenvalue weighted by atomic mass is 10.0. The average molecular weight is 256 g/mol. The van der Waals surface area contributed by atoms with Crippen LogP contribution in [0.2, 0.25) is 0 Å². The first kappa shape index (κ1) is 13.5. The molecule has 4 nitrogen and oxygen atoms in total. The topological polar surface area (TPSA) is 69.4 Å². The van der Waals surface area contributed by atoms with Crippen molar-refractivity contribution in [2.75, 3.05) is 18.2 Å². The highest BCUT2D eigenvalue weighted by Gasteiger charge is 2.13. The van der Waals surface area contributed by atoms with Crippen LogP contribution in [0.4, 0.5) is 5.69 Å². The summed E-state index contributed by atoms with van der Waals surface area (Å²) in [5, 5.41) is 0. The van der Waals surface area contributed by atoms with E-state index in [0.717, 1.165) is 0 Å². The zero-order chi connectivity index (χ0) is 12.8. The Kier molecular flexibility index (Phi) is 4.97. The average Bonchev–Trinajstić information content (AvgIpc) is 2.30. The molecule has 0 radical (unpaired) electrons. The van der Waals surface area contributed by atoms with Gasteiger partial charge in [0.1, 0.15) is 0 Å². The van der Waals surface area contributed by atoms with Gasteiger partial charge in [0, 0.05) is 23.6 Å². The second kappa shape index (κ2) is 6.25. The monoisotopic (exact) mass is 255 g/mol. The van der Waals surface area contributed by atoms with Gasteiger partial charge < -0.3 is 10.5 Å². The maximum absolute atomic E-state index is 11.7. The summed E-state index contributed by atoms with van der Waals surface area (Å²) in [6.07, 6.45) is 0.192. The van der Waals surface area contributed by atoms with Crippen molar-refractivity contribution in [1.29, 1.82) is 0 Å². The highest BCUT2D eigenvalue weighted by atomic mass is 35.5. The molecule has 0 unspecified atom stereocenters. The quantitative estimate of drug-likeness (QED) is 0.379. The van der Waals surface area contributed by atoms with Gasteiger partial charge in [-0.1, -0.05) is 0 Å². The molecule has 0 fully saturated rings. The van der Waals surface area contributed by atoms with Crippen molar-refractivity contribution < 1.29 is 14.3 Å². The number of alkyl halides is 1. The van der Waals surface area contributed by atoms with E-state index >= 15 is 0 Å². The second-order valence-corrected chi connectivity index (χ2v) is 3.76. The Morgan fingerprint density at radius 2 is 2.12 bits per heavy atom. The van der Waals surface area contributed by atoms with E-state index in [2.05, 4.69) is 0 Å². The standard InChI is InChI=1S/C12H14ClNO3/c1-2-17-12(16)8-3-4-10(14)9(7-8)11(15)5-6-13/h3-4,7H,2,5-6,14H2,1H3. The van der Waals surface area contributed by atoms with Crippen LogP contribution in [0.3, 0.4) is 0 Å². The Balaban J connectivity index is 3.02. The molecule has 0 bridgehead atoms. The van der Waals surface area contributed by atoms with Crippen LogP contribution in [0, 0.1) is 0 Å². The predicted octanol–water partition coefficient (Wildman–Crippen LogP) is 2.26. The molecule has 0 aliphatic rings. The molecule has 0 atom stereocenters. The Bertz CT molecular complexity index is 432. The van der Waals surface area contributed by atoms with Crippen molar-refractivity contribution in [2.24, 2.45) is 0 Å². The number of hydrogen-bond acceptors (Lipinski definition) is 4. The van der Waals surface area contributed by atoms with Crippen molar-refractivity contribution >= 4 is 29.0 Å². The van der Waals surface area contributed by atoms with Crippen LogP contribution < -0.4 is 5.73 Å². The first-order valence-electron chi connectivity index (χ1n) is 5.26. The van der Waals surface area contributed by atoms with Gasteiger partial charge in [0.25, 0.3) is 0 Å². The minimum absolute atomic E-state index is 0.177. The number of nitrogen functional groups attached to an aromatic ring is 1. The minimum atomic E-state index is -0.465. The number of hydrogen-bond donors (Lipinski definition) is 1. The number of anilines is 1. The summed E-state index contributed by atoms with van der Waals surface area (Å²) in [6, 6.07) is 4.50. The molecule has 5 heteroatoms. The van der Waals surface area contributed by atoms with Crippen molar-refractivity contribution in [3.05, 3.63) is 29.3 Å². The van der Waals surface area contributed by atoms with E-state index in [4.69, 9.17) is 22.1 Å². The van der Waals surface area contributed by atoms with Crippen LogP contribution in [0.15, 0.2) is 18.2 Å². The number of esters is 1. The molecule has 17 heavy (non-hydrogen) atoms. The van der Waals surface area contributed by atoms with Crippen LogP contribution in [-0.2, 0) is 4.74 Å². The molecular weight excluding hydrogens is 242 g/mol. The highest BCUT2D eigenvalue weighted by Crippen LogP contribution is 2.17. The van der Waals surface area contributed by atoms with E-state index in [1.165, 1.54) is 18.2 Å². The van der Waals surface area contributed by atoms with E-state index in [-0.39, 0.29) is 24.7 Å². The first-order chi connectivity index (χ1) is 8.10. The van der Waals surface area contributed by atoms with Crippen molar-refractivity contribution in [1.82, 2.24) is 0 Å². The number of benzene rings is 1. The number of ether oxygens (including phenoxy) is 1. The maximum Gasteiger partial charge on any atom is 0.338 e. The van der Waals surface area contributed by atoms with Crippen LogP contribution in [-0.4, -0.2) is 24.2 Å². The van der Waals surface area contributed by atoms with Gasteiger partial charge in [-0.15, -0.1) is 11.6 Å². The summed E-state index contributed by atoms with van der Waals surface area (Å²) >= 11 is 5.50. The molecule has 0 aliphatic carbocycles. The number of carbonyl (C=O) groups excluding carboxylic acids is 2. The van der Waals surface area contributed by atoms with Gasteiger partial charge in [-0.25, -0.2) is 4.79 Å². The van der Waals surface area contributed by atoms with Gasteiger partial charge in [0.15, 0.2) is 5.78 Å². The lowest BCUT2D eigenvalue weighted by Gasteiger charge is -2.07. The molecule has 0 amide bonds. The summed E-state index contributed by atoms with van der Waals surface area (Å²) in [4.78, 5) is 23.2. The SMILES string of the molecule is CCOC(=O)c1ccc(N)c(C(=O)CCCl)c1. The van der Waals surface area contributed by atoms with Gasteiger partial charge in [-0.3, -0.25) is 4.79 Å². The number of rotatable bonds is 5. The molecule has 0 aromatic heterocycles. The van der Waals surface area contributed by atoms with Gasteiger partial charge in [0.05, 0.1) is 12.2 Å². The first-order valence-corrected chi connectivity index (χ1v) is 5.79. The van der Waals surface area contributed by atoms with Crippen LogP contribution in [0.25, 0.3) is 0 Å². The van der Waals surface area contributed by atoms with Crippen LogP contribution in [0.5, 0.6) is 0 Å². The fourth-order valence-corrected chi connectivity index (χ4v) is 1.53. The van der Waals surface area contributed by atoms with E-state index in [0.29, 0.717) is 16.8 Å². The lowest BCUT2D eigenvalue weighted by molar-refractivity contribution is 0.0526. The van der Waals surface area contributed by atoms with E-state index < -0.39 is 5.97 Å². The third kappa shape index (κ3) is 3.46. The third-order valence-electron chi connectivity index (χ3n) is 2.19. The number of halogens is 1. The summed E-state index contributed by atoms with van der Waals surface area (Å²) in [5.74, 6) is -0.418. The summed E-state index contributed by atoms with van der Waals surface area (Å²) in [6.45, 7) is 2.00. The largest absolute Gasteiger partial charge is 0.462 e. The highest BCUT2D eigenvalue weighted by molar-refractivity contribution is 6.20. The lowest BCUT2D eigenvalue weighted by Crippen LogP contribution is -2.09. The second-order valence-electron chi connectivity index (χ2n) is 3.38. The third-order valence-corrected chi connectivity index (χ3v) is 2.38. The normalized spacial score (nSPS) is 10.0. The molecule has 1 aromatic rings. The molecule has 1 rings (SSSR count). The van der Waals surface area contributed by atoms with Gasteiger partial charge in [-0.05, 0) is 25.1 Å². The zero-order valence-corrected chi connectivity index (χ0v) is 10.3. The molecule has 2 N–H and O–H groups in total. The molecule has 0 heterocycles. The van der Waals surface area contributed by atoms with Crippen LogP contribution in [0.1, 0.15) is 34.1 Å². The summed E-state index contributed by atoms with van der Waals surface area (Å²) in [5.41, 5.74) is 6.65.